The van der Waals surface area contributed by atoms with Gasteiger partial charge in [0.05, 0.1) is 37.6 Å². The molecule has 2 aliphatic rings. The van der Waals surface area contributed by atoms with E-state index in [-0.39, 0.29) is 11.9 Å². The summed E-state index contributed by atoms with van der Waals surface area (Å²) in [4.78, 5) is 27.3. The molecule has 1 aliphatic heterocycles. The van der Waals surface area contributed by atoms with Crippen molar-refractivity contribution in [1.82, 2.24) is 4.57 Å². The predicted molar refractivity (Wildman–Crippen MR) is 139 cm³/mol. The first-order chi connectivity index (χ1) is 16.9. The lowest BCUT2D eigenvalue weighted by Gasteiger charge is -2.24. The molecule has 35 heavy (non-hydrogen) atoms. The highest BCUT2D eigenvalue weighted by molar-refractivity contribution is 6.02. The van der Waals surface area contributed by atoms with Crippen LogP contribution in [0, 0.1) is 0 Å². The molecule has 0 saturated heterocycles. The Balaban J connectivity index is 1.85. The van der Waals surface area contributed by atoms with E-state index in [4.69, 9.17) is 9.47 Å². The van der Waals surface area contributed by atoms with Gasteiger partial charge in [0.15, 0.2) is 0 Å². The van der Waals surface area contributed by atoms with E-state index in [9.17, 15) is 9.59 Å². The van der Waals surface area contributed by atoms with Crippen molar-refractivity contribution in [1.29, 1.82) is 0 Å². The highest BCUT2D eigenvalue weighted by Crippen LogP contribution is 2.47. The van der Waals surface area contributed by atoms with Crippen molar-refractivity contribution in [2.24, 2.45) is 0 Å². The Morgan fingerprint density at radius 3 is 2.37 bits per heavy atom. The predicted octanol–water partition coefficient (Wildman–Crippen LogP) is 5.78. The van der Waals surface area contributed by atoms with Gasteiger partial charge in [-0.3, -0.25) is 0 Å². The molecule has 3 aromatic rings. The molecule has 1 saturated carbocycles. The fourth-order valence-corrected chi connectivity index (χ4v) is 5.70. The molecule has 6 heteroatoms. The monoisotopic (exact) mass is 472 g/mol. The third kappa shape index (κ3) is 4.01. The molecule has 182 valence electrons. The molecule has 5 rings (SSSR count). The number of anilines is 1. The largest absolute Gasteiger partial charge is 0.466 e. The molecule has 0 radical (unpaired) electrons. The first kappa shape index (κ1) is 23.2. The number of ether oxygens (including phenoxy) is 2. The van der Waals surface area contributed by atoms with Gasteiger partial charge in [0.25, 0.3) is 0 Å². The summed E-state index contributed by atoms with van der Waals surface area (Å²) in [5.41, 5.74) is 7.68. The number of fused-ring (bicyclic) bond motifs is 5. The second-order valence-corrected chi connectivity index (χ2v) is 9.73. The van der Waals surface area contributed by atoms with Gasteiger partial charge in [0, 0.05) is 36.2 Å². The number of nitrogens with zero attached hydrogens (tertiary/aromatic N) is 2. The minimum absolute atomic E-state index is 0.343. The molecule has 1 fully saturated rings. The van der Waals surface area contributed by atoms with E-state index in [1.165, 1.54) is 39.0 Å². The van der Waals surface area contributed by atoms with E-state index in [0.29, 0.717) is 23.6 Å². The Bertz CT molecular complexity index is 1340. The van der Waals surface area contributed by atoms with Crippen LogP contribution in [-0.4, -0.2) is 44.8 Å². The van der Waals surface area contributed by atoms with Crippen molar-refractivity contribution in [3.8, 4) is 11.3 Å². The first-order valence-corrected chi connectivity index (χ1v) is 12.3. The lowest BCUT2D eigenvalue weighted by molar-refractivity contribution is -0.136. The van der Waals surface area contributed by atoms with Crippen LogP contribution in [0.3, 0.4) is 0 Å². The fourth-order valence-electron chi connectivity index (χ4n) is 5.70. The molecule has 0 bridgehead atoms. The highest BCUT2D eigenvalue weighted by atomic mass is 16.5. The molecular formula is C29H32N2O4. The van der Waals surface area contributed by atoms with Crippen LogP contribution in [0.2, 0.25) is 0 Å². The second kappa shape index (κ2) is 9.25. The van der Waals surface area contributed by atoms with Crippen molar-refractivity contribution in [3.05, 3.63) is 58.7 Å². The second-order valence-electron chi connectivity index (χ2n) is 9.73. The Morgan fingerprint density at radius 2 is 1.69 bits per heavy atom. The zero-order chi connectivity index (χ0) is 24.7. The zero-order valence-electron chi connectivity index (χ0n) is 20.9. The first-order valence-electron chi connectivity index (χ1n) is 12.3. The minimum atomic E-state index is -0.366. The van der Waals surface area contributed by atoms with E-state index in [0.717, 1.165) is 46.3 Å². The van der Waals surface area contributed by atoms with Crippen LogP contribution in [0.5, 0.6) is 0 Å². The smallest absolute Gasteiger partial charge is 0.337 e. The third-order valence-electron chi connectivity index (χ3n) is 7.45. The van der Waals surface area contributed by atoms with E-state index in [2.05, 4.69) is 33.7 Å². The average Bonchev–Trinajstić information content (AvgIpc) is 3.10. The van der Waals surface area contributed by atoms with Crippen LogP contribution in [0.15, 0.2) is 42.0 Å². The van der Waals surface area contributed by atoms with Crippen LogP contribution in [0.25, 0.3) is 28.2 Å². The summed E-state index contributed by atoms with van der Waals surface area (Å²) in [5.74, 6) is -0.271. The maximum absolute atomic E-state index is 12.8. The van der Waals surface area contributed by atoms with Crippen molar-refractivity contribution in [2.45, 2.75) is 44.6 Å². The van der Waals surface area contributed by atoms with Crippen LogP contribution < -0.4 is 4.90 Å². The molecule has 2 heterocycles. The number of carbonyl (C=O) groups is 2. The number of methoxy groups -OCH3 is 2. The number of hydrogen-bond donors (Lipinski definition) is 0. The zero-order valence-corrected chi connectivity index (χ0v) is 20.9. The van der Waals surface area contributed by atoms with Gasteiger partial charge in [-0.15, -0.1) is 0 Å². The Kier molecular flexibility index (Phi) is 6.13. The average molecular weight is 473 g/mol. The number of hydrogen-bond acceptors (Lipinski definition) is 5. The normalized spacial score (nSPS) is 15.6. The van der Waals surface area contributed by atoms with Gasteiger partial charge in [0.1, 0.15) is 0 Å². The van der Waals surface area contributed by atoms with Crippen LogP contribution in [0.4, 0.5) is 5.69 Å². The van der Waals surface area contributed by atoms with Crippen molar-refractivity contribution in [2.75, 3.05) is 33.2 Å². The van der Waals surface area contributed by atoms with Gasteiger partial charge in [-0.1, -0.05) is 31.4 Å². The van der Waals surface area contributed by atoms with Crippen molar-refractivity contribution < 1.29 is 19.1 Å². The lowest BCUT2D eigenvalue weighted by Crippen LogP contribution is -2.12. The molecule has 0 N–H and O–H groups in total. The van der Waals surface area contributed by atoms with Gasteiger partial charge >= 0.3 is 11.9 Å². The van der Waals surface area contributed by atoms with Crippen molar-refractivity contribution in [3.63, 3.8) is 0 Å². The summed E-state index contributed by atoms with van der Waals surface area (Å²) >= 11 is 0. The van der Waals surface area contributed by atoms with Gasteiger partial charge in [0.2, 0.25) is 0 Å². The molecule has 0 spiro atoms. The van der Waals surface area contributed by atoms with Gasteiger partial charge < -0.3 is 18.9 Å². The van der Waals surface area contributed by atoms with Gasteiger partial charge in [-0.25, -0.2) is 9.59 Å². The summed E-state index contributed by atoms with van der Waals surface area (Å²) in [6.07, 6.45) is 7.96. The topological polar surface area (TPSA) is 60.8 Å². The van der Waals surface area contributed by atoms with Crippen molar-refractivity contribution >= 4 is 34.6 Å². The van der Waals surface area contributed by atoms with E-state index in [1.54, 1.807) is 0 Å². The third-order valence-corrected chi connectivity index (χ3v) is 7.45. The summed E-state index contributed by atoms with van der Waals surface area (Å²) in [7, 11) is 6.85. The Hall–Kier alpha value is -3.54. The molecule has 6 nitrogen and oxygen atoms in total. The molecule has 2 aromatic carbocycles. The maximum atomic E-state index is 12.8. The Labute approximate surface area is 206 Å². The molecule has 1 aromatic heterocycles. The Morgan fingerprint density at radius 1 is 0.943 bits per heavy atom. The lowest BCUT2D eigenvalue weighted by atomic mass is 9.81. The number of carbonyl (C=O) groups excluding carboxylic acids is 2. The summed E-state index contributed by atoms with van der Waals surface area (Å²) in [6.45, 7) is 0.377. The molecule has 0 unspecified atom stereocenters. The van der Waals surface area contributed by atoms with Crippen LogP contribution in [-0.2, 0) is 20.8 Å². The number of benzene rings is 2. The van der Waals surface area contributed by atoms with Gasteiger partial charge in [-0.2, -0.15) is 0 Å². The minimum Gasteiger partial charge on any atom is -0.466 e. The SMILES string of the molecule is COC(=O)C1=Cc2cc(N(C)C)ccc2-c2c(C3CCCCC3)c3ccc(C(=O)OC)cc3n2C1. The summed E-state index contributed by atoms with van der Waals surface area (Å²) < 4.78 is 12.4. The quantitative estimate of drug-likeness (QED) is 0.451. The molecule has 0 amide bonds. The molecule has 1 aliphatic carbocycles. The van der Waals surface area contributed by atoms with E-state index >= 15 is 0 Å². The fraction of sp³-hybridized carbons (Fsp3) is 0.379. The van der Waals surface area contributed by atoms with E-state index < -0.39 is 0 Å². The molecular weight excluding hydrogens is 440 g/mol. The van der Waals surface area contributed by atoms with Crippen LogP contribution >= 0.6 is 0 Å². The molecule has 0 atom stereocenters. The summed E-state index contributed by atoms with van der Waals surface area (Å²) in [6, 6.07) is 12.2. The summed E-state index contributed by atoms with van der Waals surface area (Å²) in [5, 5.41) is 1.15. The van der Waals surface area contributed by atoms with Crippen LogP contribution in [0.1, 0.15) is 59.5 Å². The van der Waals surface area contributed by atoms with Gasteiger partial charge in [-0.05, 0) is 60.2 Å². The number of esters is 2. The number of rotatable bonds is 4. The number of aromatic nitrogens is 1. The highest BCUT2D eigenvalue weighted by Gasteiger charge is 2.30. The standard InChI is InChI=1S/C29H32N2O4/c1-30(2)22-11-13-23-20(15-22)14-21(29(33)35-4)17-31-25-16-19(28(32)34-3)10-12-24(25)26(27(23)31)18-8-6-5-7-9-18/h10-16,18H,5-9,17H2,1-4H3. The maximum Gasteiger partial charge on any atom is 0.337 e. The van der Waals surface area contributed by atoms with E-state index in [1.807, 2.05) is 32.3 Å².